The molecule has 0 saturated carbocycles. The zero-order valence-corrected chi connectivity index (χ0v) is 17.7. The maximum atomic E-state index is 13.8. The highest BCUT2D eigenvalue weighted by Gasteiger charge is 2.13. The Morgan fingerprint density at radius 3 is 2.39 bits per heavy atom. The van der Waals surface area contributed by atoms with E-state index in [2.05, 4.69) is 12.2 Å². The first-order chi connectivity index (χ1) is 15.0. The zero-order chi connectivity index (χ0) is 22.2. The van der Waals surface area contributed by atoms with Crippen LogP contribution in [-0.2, 0) is 13.1 Å². The van der Waals surface area contributed by atoms with E-state index < -0.39 is 17.6 Å². The normalized spacial score (nSPS) is 10.9. The van der Waals surface area contributed by atoms with Crippen LogP contribution in [0.15, 0.2) is 54.7 Å². The fourth-order valence-corrected chi connectivity index (χ4v) is 3.56. The Morgan fingerprint density at radius 2 is 1.71 bits per heavy atom. The molecular weight excluding hydrogens is 398 g/mol. The predicted molar refractivity (Wildman–Crippen MR) is 119 cm³/mol. The van der Waals surface area contributed by atoms with E-state index >= 15 is 0 Å². The molecule has 2 N–H and O–H groups in total. The van der Waals surface area contributed by atoms with Gasteiger partial charge >= 0.3 is 5.97 Å². The molecule has 1 aromatic heterocycles. The first kappa shape index (κ1) is 22.5. The van der Waals surface area contributed by atoms with Gasteiger partial charge in [-0.15, -0.1) is 0 Å². The maximum absolute atomic E-state index is 13.8. The van der Waals surface area contributed by atoms with Gasteiger partial charge in [0.25, 0.3) is 0 Å². The molecule has 0 aliphatic heterocycles. The Bertz CT molecular complexity index is 1010. The summed E-state index contributed by atoms with van der Waals surface area (Å²) in [5.41, 5.74) is 3.22. The van der Waals surface area contributed by atoms with Crippen molar-refractivity contribution in [2.24, 2.45) is 0 Å². The summed E-state index contributed by atoms with van der Waals surface area (Å²) in [4.78, 5) is 11.6. The van der Waals surface area contributed by atoms with Crippen molar-refractivity contribution in [3.8, 4) is 11.1 Å². The molecule has 31 heavy (non-hydrogen) atoms. The first-order valence-electron chi connectivity index (χ1n) is 10.7. The molecule has 0 aliphatic carbocycles. The number of aromatic carboxylic acids is 1. The van der Waals surface area contributed by atoms with Crippen LogP contribution in [0.5, 0.6) is 0 Å². The van der Waals surface area contributed by atoms with Gasteiger partial charge in [0, 0.05) is 42.2 Å². The summed E-state index contributed by atoms with van der Waals surface area (Å²) in [6.45, 7) is 3.10. The molecule has 3 rings (SSSR count). The van der Waals surface area contributed by atoms with Crippen LogP contribution >= 0.6 is 0 Å². The number of rotatable bonds is 11. The number of benzene rings is 2. The Kier molecular flexibility index (Phi) is 7.82. The number of carboxylic acid groups (broad SMARTS) is 1. The van der Waals surface area contributed by atoms with Crippen molar-refractivity contribution in [1.29, 1.82) is 0 Å². The van der Waals surface area contributed by atoms with E-state index in [1.165, 1.54) is 31.4 Å². The average molecular weight is 427 g/mol. The monoisotopic (exact) mass is 426 g/mol. The Balaban J connectivity index is 1.65. The van der Waals surface area contributed by atoms with E-state index in [1.807, 2.05) is 35.0 Å². The standard InChI is InChI=1S/C25H28F2N2O2/c1-2-3-4-5-6-13-29-17-20(14-24(29)25(30)31)18-8-11-22(12-9-18)28-16-19-7-10-21(26)15-23(19)27/h7-12,14-15,17,28H,2-6,13,16H2,1H3,(H,30,31). The second-order valence-corrected chi connectivity index (χ2v) is 7.69. The van der Waals surface area contributed by atoms with Gasteiger partial charge in [0.05, 0.1) is 0 Å². The maximum Gasteiger partial charge on any atom is 0.352 e. The summed E-state index contributed by atoms with van der Waals surface area (Å²) in [6.07, 6.45) is 7.49. The summed E-state index contributed by atoms with van der Waals surface area (Å²) in [7, 11) is 0. The molecule has 0 unspecified atom stereocenters. The van der Waals surface area contributed by atoms with Crippen LogP contribution in [0.3, 0.4) is 0 Å². The highest BCUT2D eigenvalue weighted by molar-refractivity contribution is 5.88. The van der Waals surface area contributed by atoms with Crippen molar-refractivity contribution < 1.29 is 18.7 Å². The minimum Gasteiger partial charge on any atom is -0.477 e. The Morgan fingerprint density at radius 1 is 0.968 bits per heavy atom. The lowest BCUT2D eigenvalue weighted by Crippen LogP contribution is -2.07. The van der Waals surface area contributed by atoms with Gasteiger partial charge in [0.15, 0.2) is 0 Å². The van der Waals surface area contributed by atoms with E-state index in [-0.39, 0.29) is 6.54 Å². The fraction of sp³-hybridized carbons (Fsp3) is 0.320. The molecule has 6 heteroatoms. The number of hydrogen-bond acceptors (Lipinski definition) is 2. The van der Waals surface area contributed by atoms with Gasteiger partial charge in [0.1, 0.15) is 17.3 Å². The van der Waals surface area contributed by atoms with E-state index in [0.29, 0.717) is 17.8 Å². The van der Waals surface area contributed by atoms with Gasteiger partial charge in [0.2, 0.25) is 0 Å². The summed E-state index contributed by atoms with van der Waals surface area (Å²) in [5, 5.41) is 12.7. The number of aryl methyl sites for hydroxylation is 1. The molecule has 0 amide bonds. The smallest absolute Gasteiger partial charge is 0.352 e. The van der Waals surface area contributed by atoms with E-state index in [9.17, 15) is 18.7 Å². The highest BCUT2D eigenvalue weighted by atomic mass is 19.1. The number of unbranched alkanes of at least 4 members (excludes halogenated alkanes) is 4. The average Bonchev–Trinajstić information content (AvgIpc) is 3.18. The van der Waals surface area contributed by atoms with Crippen LogP contribution < -0.4 is 5.32 Å². The molecule has 0 atom stereocenters. The molecular formula is C25H28F2N2O2. The van der Waals surface area contributed by atoms with Crippen LogP contribution in [0.1, 0.15) is 55.1 Å². The third kappa shape index (κ3) is 6.17. The van der Waals surface area contributed by atoms with Gasteiger partial charge in [-0.1, -0.05) is 50.8 Å². The van der Waals surface area contributed by atoms with Crippen LogP contribution in [0.4, 0.5) is 14.5 Å². The number of carboxylic acids is 1. The van der Waals surface area contributed by atoms with Crippen molar-refractivity contribution in [3.63, 3.8) is 0 Å². The van der Waals surface area contributed by atoms with Crippen molar-refractivity contribution in [2.45, 2.75) is 52.1 Å². The topological polar surface area (TPSA) is 54.3 Å². The second kappa shape index (κ2) is 10.8. The minimum absolute atomic E-state index is 0.239. The highest BCUT2D eigenvalue weighted by Crippen LogP contribution is 2.25. The quantitative estimate of drug-likeness (QED) is 0.335. The van der Waals surface area contributed by atoms with Gasteiger partial charge in [-0.05, 0) is 36.2 Å². The Labute approximate surface area is 181 Å². The van der Waals surface area contributed by atoms with E-state index in [1.54, 1.807) is 6.07 Å². The molecule has 0 bridgehead atoms. The lowest BCUT2D eigenvalue weighted by atomic mass is 10.1. The lowest BCUT2D eigenvalue weighted by Gasteiger charge is -2.08. The number of nitrogens with one attached hydrogen (secondary N) is 1. The number of hydrogen-bond donors (Lipinski definition) is 2. The van der Waals surface area contributed by atoms with Crippen molar-refractivity contribution in [1.82, 2.24) is 4.57 Å². The number of anilines is 1. The SMILES string of the molecule is CCCCCCCn1cc(-c2ccc(NCc3ccc(F)cc3F)cc2)cc1C(=O)O. The van der Waals surface area contributed by atoms with Gasteiger partial charge in [-0.3, -0.25) is 0 Å². The molecule has 0 fully saturated rings. The third-order valence-corrected chi connectivity index (χ3v) is 5.33. The van der Waals surface area contributed by atoms with Crippen molar-refractivity contribution in [3.05, 3.63) is 77.6 Å². The summed E-state index contributed by atoms with van der Waals surface area (Å²) < 4.78 is 28.6. The second-order valence-electron chi connectivity index (χ2n) is 7.69. The molecule has 1 heterocycles. The lowest BCUT2D eigenvalue weighted by molar-refractivity contribution is 0.0685. The molecule has 0 spiro atoms. The van der Waals surface area contributed by atoms with Crippen LogP contribution in [0, 0.1) is 11.6 Å². The summed E-state index contributed by atoms with van der Waals surface area (Å²) >= 11 is 0. The van der Waals surface area contributed by atoms with Gasteiger partial charge in [-0.2, -0.15) is 0 Å². The number of aromatic nitrogens is 1. The molecule has 3 aromatic rings. The molecule has 2 aromatic carbocycles. The molecule has 0 aliphatic rings. The van der Waals surface area contributed by atoms with Gasteiger partial charge < -0.3 is 15.0 Å². The number of nitrogens with zero attached hydrogens (tertiary/aromatic N) is 1. The van der Waals surface area contributed by atoms with Crippen molar-refractivity contribution in [2.75, 3.05) is 5.32 Å². The van der Waals surface area contributed by atoms with Crippen LogP contribution in [0.2, 0.25) is 0 Å². The van der Waals surface area contributed by atoms with Crippen molar-refractivity contribution >= 4 is 11.7 Å². The molecule has 0 saturated heterocycles. The molecule has 0 radical (unpaired) electrons. The zero-order valence-electron chi connectivity index (χ0n) is 17.7. The Hall–Kier alpha value is -3.15. The minimum atomic E-state index is -0.931. The number of halogens is 2. The fourth-order valence-electron chi connectivity index (χ4n) is 3.56. The molecule has 4 nitrogen and oxygen atoms in total. The molecule has 164 valence electrons. The van der Waals surface area contributed by atoms with Gasteiger partial charge in [-0.25, -0.2) is 13.6 Å². The van der Waals surface area contributed by atoms with E-state index in [0.717, 1.165) is 35.7 Å². The summed E-state index contributed by atoms with van der Waals surface area (Å²) in [6, 6.07) is 12.7. The van der Waals surface area contributed by atoms with Crippen LogP contribution in [0.25, 0.3) is 11.1 Å². The predicted octanol–water partition coefficient (Wildman–Crippen LogP) is 6.71. The first-order valence-corrected chi connectivity index (χ1v) is 10.7. The number of carbonyl (C=O) groups is 1. The third-order valence-electron chi connectivity index (χ3n) is 5.33. The van der Waals surface area contributed by atoms with E-state index in [4.69, 9.17) is 0 Å². The van der Waals surface area contributed by atoms with Crippen LogP contribution in [-0.4, -0.2) is 15.6 Å². The largest absolute Gasteiger partial charge is 0.477 e. The summed E-state index contributed by atoms with van der Waals surface area (Å²) in [5.74, 6) is -2.11.